The van der Waals surface area contributed by atoms with Crippen molar-refractivity contribution in [1.82, 2.24) is 5.01 Å². The van der Waals surface area contributed by atoms with Crippen LogP contribution in [0.15, 0.2) is 29.4 Å². The van der Waals surface area contributed by atoms with Gasteiger partial charge in [0.25, 0.3) is 0 Å². The maximum Gasteiger partial charge on any atom is 0.248 e. The minimum atomic E-state index is 0.0419. The Balaban J connectivity index is 2.09. The molecule has 2 rings (SSSR count). The van der Waals surface area contributed by atoms with E-state index in [4.69, 9.17) is 4.74 Å². The molecule has 0 atom stereocenters. The molecule has 90 valence electrons. The van der Waals surface area contributed by atoms with Crippen LogP contribution in [0.25, 0.3) is 0 Å². The van der Waals surface area contributed by atoms with E-state index in [1.165, 1.54) is 10.6 Å². The van der Waals surface area contributed by atoms with Crippen molar-refractivity contribution in [1.29, 1.82) is 0 Å². The van der Waals surface area contributed by atoms with E-state index in [1.54, 1.807) is 7.11 Å². The van der Waals surface area contributed by atoms with Gasteiger partial charge in [0, 0.05) is 7.11 Å². The Hall–Kier alpha value is -1.68. The summed E-state index contributed by atoms with van der Waals surface area (Å²) in [6, 6.07) is 8.02. The number of benzene rings is 1. The third-order valence-corrected chi connectivity index (χ3v) is 2.80. The number of rotatable bonds is 4. The van der Waals surface area contributed by atoms with Gasteiger partial charge in [-0.15, -0.1) is 0 Å². The van der Waals surface area contributed by atoms with Crippen LogP contribution in [0.5, 0.6) is 0 Å². The van der Waals surface area contributed by atoms with Crippen LogP contribution in [0, 0.1) is 6.92 Å². The monoisotopic (exact) mass is 232 g/mol. The lowest BCUT2D eigenvalue weighted by Gasteiger charge is -2.13. The Labute approximate surface area is 101 Å². The van der Waals surface area contributed by atoms with E-state index in [1.807, 2.05) is 31.2 Å². The highest BCUT2D eigenvalue weighted by Gasteiger charge is 2.23. The van der Waals surface area contributed by atoms with E-state index in [9.17, 15) is 4.79 Å². The molecule has 17 heavy (non-hydrogen) atoms. The molecule has 0 N–H and O–H groups in total. The molecule has 1 amide bonds. The van der Waals surface area contributed by atoms with E-state index in [-0.39, 0.29) is 5.91 Å². The molecule has 1 aromatic carbocycles. The summed E-state index contributed by atoms with van der Waals surface area (Å²) in [4.78, 5) is 11.7. The number of carbonyl (C=O) groups excluding carboxylic acids is 1. The highest BCUT2D eigenvalue weighted by atomic mass is 16.5. The molecule has 0 radical (unpaired) electrons. The van der Waals surface area contributed by atoms with Crippen LogP contribution in [0.2, 0.25) is 0 Å². The Morgan fingerprint density at radius 2 is 2.18 bits per heavy atom. The van der Waals surface area contributed by atoms with Crippen LogP contribution in [0.4, 0.5) is 0 Å². The number of carbonyl (C=O) groups is 1. The third kappa shape index (κ3) is 2.71. The quantitative estimate of drug-likeness (QED) is 0.793. The van der Waals surface area contributed by atoms with Crippen molar-refractivity contribution in [3.63, 3.8) is 0 Å². The van der Waals surface area contributed by atoms with Crippen molar-refractivity contribution in [2.75, 3.05) is 13.7 Å². The van der Waals surface area contributed by atoms with Gasteiger partial charge in [-0.2, -0.15) is 5.10 Å². The first kappa shape index (κ1) is 11.8. The van der Waals surface area contributed by atoms with Crippen molar-refractivity contribution in [2.24, 2.45) is 5.10 Å². The van der Waals surface area contributed by atoms with Gasteiger partial charge in [0.1, 0.15) is 0 Å². The van der Waals surface area contributed by atoms with Crippen LogP contribution in [0.3, 0.4) is 0 Å². The second-order valence-corrected chi connectivity index (χ2v) is 4.15. The fourth-order valence-corrected chi connectivity index (χ4v) is 1.85. The Kier molecular flexibility index (Phi) is 3.54. The van der Waals surface area contributed by atoms with Gasteiger partial charge in [0.15, 0.2) is 0 Å². The molecule has 0 spiro atoms. The lowest BCUT2D eigenvalue weighted by Crippen LogP contribution is -2.20. The van der Waals surface area contributed by atoms with Gasteiger partial charge >= 0.3 is 0 Å². The minimum absolute atomic E-state index is 0.0419. The van der Waals surface area contributed by atoms with Gasteiger partial charge in [0.05, 0.1) is 25.3 Å². The normalized spacial score (nSPS) is 15.3. The number of methoxy groups -OCH3 is 1. The first-order chi connectivity index (χ1) is 8.20. The lowest BCUT2D eigenvalue weighted by atomic mass is 10.1. The van der Waals surface area contributed by atoms with Gasteiger partial charge < -0.3 is 4.74 Å². The van der Waals surface area contributed by atoms with E-state index >= 15 is 0 Å². The van der Waals surface area contributed by atoms with E-state index < -0.39 is 0 Å². The fourth-order valence-electron chi connectivity index (χ4n) is 1.85. The highest BCUT2D eigenvalue weighted by molar-refractivity contribution is 6.05. The summed E-state index contributed by atoms with van der Waals surface area (Å²) in [5, 5.41) is 5.80. The van der Waals surface area contributed by atoms with Gasteiger partial charge in [-0.25, -0.2) is 5.01 Å². The van der Waals surface area contributed by atoms with Crippen LogP contribution in [-0.2, 0) is 16.1 Å². The smallest absolute Gasteiger partial charge is 0.248 e. The van der Waals surface area contributed by atoms with E-state index in [0.29, 0.717) is 19.6 Å². The number of hydrazone groups is 1. The summed E-state index contributed by atoms with van der Waals surface area (Å²) in [7, 11) is 1.61. The standard InChI is InChI=1S/C13H16N2O2/c1-10-5-3-4-6-11(10)8-15-13(16)7-12(14-15)9-17-2/h3-6H,7-9H2,1-2H3. The topological polar surface area (TPSA) is 41.9 Å². The molecule has 4 nitrogen and oxygen atoms in total. The summed E-state index contributed by atoms with van der Waals surface area (Å²) in [5.74, 6) is 0.0419. The van der Waals surface area contributed by atoms with Crippen molar-refractivity contribution in [3.05, 3.63) is 35.4 Å². The van der Waals surface area contributed by atoms with Gasteiger partial charge in [-0.3, -0.25) is 4.79 Å². The van der Waals surface area contributed by atoms with Crippen molar-refractivity contribution >= 4 is 11.6 Å². The third-order valence-electron chi connectivity index (χ3n) is 2.80. The van der Waals surface area contributed by atoms with E-state index in [0.717, 1.165) is 11.3 Å². The molecule has 1 aliphatic rings. The molecular weight excluding hydrogens is 216 g/mol. The molecule has 0 bridgehead atoms. The minimum Gasteiger partial charge on any atom is -0.379 e. The lowest BCUT2D eigenvalue weighted by molar-refractivity contribution is -0.129. The average molecular weight is 232 g/mol. The van der Waals surface area contributed by atoms with Crippen LogP contribution >= 0.6 is 0 Å². The summed E-state index contributed by atoms with van der Waals surface area (Å²) >= 11 is 0. The number of hydrogen-bond donors (Lipinski definition) is 0. The molecule has 0 saturated heterocycles. The van der Waals surface area contributed by atoms with Gasteiger partial charge in [-0.05, 0) is 18.1 Å². The predicted octanol–water partition coefficient (Wildman–Crippen LogP) is 1.73. The second-order valence-electron chi connectivity index (χ2n) is 4.15. The summed E-state index contributed by atoms with van der Waals surface area (Å²) in [6.45, 7) is 3.00. The van der Waals surface area contributed by atoms with Crippen LogP contribution < -0.4 is 0 Å². The fraction of sp³-hybridized carbons (Fsp3) is 0.385. The zero-order valence-corrected chi connectivity index (χ0v) is 10.1. The van der Waals surface area contributed by atoms with Crippen LogP contribution in [0.1, 0.15) is 17.5 Å². The maximum absolute atomic E-state index is 11.7. The predicted molar refractivity (Wildman–Crippen MR) is 65.7 cm³/mol. The summed E-state index contributed by atoms with van der Waals surface area (Å²) < 4.78 is 4.99. The zero-order valence-electron chi connectivity index (χ0n) is 10.1. The summed E-state index contributed by atoms with van der Waals surface area (Å²) in [5.41, 5.74) is 3.10. The SMILES string of the molecule is COCC1=NN(Cc2ccccc2C)C(=O)C1. The second kappa shape index (κ2) is 5.10. The average Bonchev–Trinajstić information content (AvgIpc) is 2.63. The van der Waals surface area contributed by atoms with E-state index in [2.05, 4.69) is 5.10 Å². The number of nitrogens with zero attached hydrogens (tertiary/aromatic N) is 2. The molecule has 0 aliphatic carbocycles. The number of hydrogen-bond acceptors (Lipinski definition) is 3. The zero-order chi connectivity index (χ0) is 12.3. The molecule has 4 heteroatoms. The molecule has 0 fully saturated rings. The first-order valence-corrected chi connectivity index (χ1v) is 5.61. The number of amides is 1. The molecule has 1 aromatic rings. The largest absolute Gasteiger partial charge is 0.379 e. The summed E-state index contributed by atoms with van der Waals surface area (Å²) in [6.07, 6.45) is 0.375. The molecule has 0 unspecified atom stereocenters. The molecule has 0 saturated carbocycles. The van der Waals surface area contributed by atoms with Gasteiger partial charge in [0.2, 0.25) is 5.91 Å². The molecular formula is C13H16N2O2. The Bertz CT molecular complexity index is 454. The van der Waals surface area contributed by atoms with Crippen molar-refractivity contribution < 1.29 is 9.53 Å². The van der Waals surface area contributed by atoms with Crippen molar-refractivity contribution in [3.8, 4) is 0 Å². The Morgan fingerprint density at radius 1 is 1.41 bits per heavy atom. The number of aryl methyl sites for hydroxylation is 1. The maximum atomic E-state index is 11.7. The van der Waals surface area contributed by atoms with Gasteiger partial charge in [-0.1, -0.05) is 24.3 Å². The van der Waals surface area contributed by atoms with Crippen LogP contribution in [-0.4, -0.2) is 30.3 Å². The molecule has 0 aromatic heterocycles. The highest BCUT2D eigenvalue weighted by Crippen LogP contribution is 2.15. The Morgan fingerprint density at radius 3 is 2.88 bits per heavy atom. The van der Waals surface area contributed by atoms with Crippen molar-refractivity contribution in [2.45, 2.75) is 19.9 Å². The first-order valence-electron chi connectivity index (χ1n) is 5.61. The molecule has 1 aliphatic heterocycles. The molecule has 1 heterocycles. The number of ether oxygens (including phenoxy) is 1.